The summed E-state index contributed by atoms with van der Waals surface area (Å²) in [4.78, 5) is 18.2. The molecule has 3 heterocycles. The quantitative estimate of drug-likeness (QED) is 0.848. The molecule has 128 valence electrons. The van der Waals surface area contributed by atoms with Crippen LogP contribution in [0.1, 0.15) is 38.7 Å². The Kier molecular flexibility index (Phi) is 5.28. The van der Waals surface area contributed by atoms with Crippen LogP contribution in [0.25, 0.3) is 11.4 Å². The Morgan fingerprint density at radius 3 is 2.92 bits per heavy atom. The molecule has 0 aliphatic carbocycles. The van der Waals surface area contributed by atoms with Crippen LogP contribution in [0.2, 0.25) is 0 Å². The van der Waals surface area contributed by atoms with Crippen LogP contribution in [0, 0.1) is 5.92 Å². The number of rotatable bonds is 5. The van der Waals surface area contributed by atoms with Gasteiger partial charge in [0.05, 0.1) is 11.4 Å². The molecule has 3 rings (SSSR count). The Bertz CT molecular complexity index is 677. The molecule has 5 nitrogen and oxygen atoms in total. The Hall–Kier alpha value is -2.17. The minimum absolute atomic E-state index is 0.192. The average Bonchev–Trinajstić information content (AvgIpc) is 3.04. The van der Waals surface area contributed by atoms with Crippen LogP contribution < -0.4 is 0 Å². The van der Waals surface area contributed by atoms with Crippen LogP contribution in [-0.2, 0) is 17.8 Å². The molecule has 1 aliphatic rings. The lowest BCUT2D eigenvalue weighted by Crippen LogP contribution is -2.39. The SMILES string of the molecule is CCCn1nccc1-c1ccc(CC2CCCN(C(C)=O)C2)cn1. The molecule has 1 saturated heterocycles. The van der Waals surface area contributed by atoms with E-state index in [-0.39, 0.29) is 5.91 Å². The van der Waals surface area contributed by atoms with E-state index in [1.807, 2.05) is 28.0 Å². The standard InChI is InChI=1S/C19H26N4O/c1-3-10-23-19(8-9-21-23)18-7-6-16(13-20-18)12-17-5-4-11-22(14-17)15(2)24/h6-9,13,17H,3-5,10-12,14H2,1-2H3. The van der Waals surface area contributed by atoms with E-state index in [4.69, 9.17) is 0 Å². The molecule has 2 aromatic heterocycles. The highest BCUT2D eigenvalue weighted by Crippen LogP contribution is 2.22. The van der Waals surface area contributed by atoms with Crippen LogP contribution in [0.4, 0.5) is 0 Å². The maximum absolute atomic E-state index is 11.6. The van der Waals surface area contributed by atoms with Crippen molar-refractivity contribution < 1.29 is 4.79 Å². The fraction of sp³-hybridized carbons (Fsp3) is 0.526. The van der Waals surface area contributed by atoms with Crippen molar-refractivity contribution in [1.29, 1.82) is 0 Å². The highest BCUT2D eigenvalue weighted by atomic mass is 16.2. The van der Waals surface area contributed by atoms with Crippen LogP contribution in [0.15, 0.2) is 30.6 Å². The first-order valence-corrected chi connectivity index (χ1v) is 8.90. The van der Waals surface area contributed by atoms with Crippen molar-refractivity contribution in [2.75, 3.05) is 13.1 Å². The number of aromatic nitrogens is 3. The predicted octanol–water partition coefficient (Wildman–Crippen LogP) is 3.16. The summed E-state index contributed by atoms with van der Waals surface area (Å²) in [6, 6.07) is 6.27. The molecule has 0 aromatic carbocycles. The van der Waals surface area contributed by atoms with Crippen molar-refractivity contribution in [2.45, 2.75) is 46.1 Å². The number of piperidine rings is 1. The number of likely N-dealkylation sites (tertiary alicyclic amines) is 1. The van der Waals surface area contributed by atoms with Crippen molar-refractivity contribution in [3.05, 3.63) is 36.2 Å². The van der Waals surface area contributed by atoms with Crippen molar-refractivity contribution in [3.63, 3.8) is 0 Å². The maximum atomic E-state index is 11.6. The molecule has 0 spiro atoms. The summed E-state index contributed by atoms with van der Waals surface area (Å²) in [7, 11) is 0. The molecular weight excluding hydrogens is 300 g/mol. The predicted molar refractivity (Wildman–Crippen MR) is 94.4 cm³/mol. The zero-order chi connectivity index (χ0) is 16.9. The molecule has 1 amide bonds. The first-order valence-electron chi connectivity index (χ1n) is 8.90. The van der Waals surface area contributed by atoms with Crippen LogP contribution in [0.3, 0.4) is 0 Å². The molecule has 1 unspecified atom stereocenters. The second kappa shape index (κ2) is 7.60. The summed E-state index contributed by atoms with van der Waals surface area (Å²) < 4.78 is 2.01. The first kappa shape index (κ1) is 16.7. The molecule has 0 bridgehead atoms. The van der Waals surface area contributed by atoms with E-state index in [9.17, 15) is 4.79 Å². The second-order valence-corrected chi connectivity index (χ2v) is 6.67. The molecule has 0 N–H and O–H groups in total. The van der Waals surface area contributed by atoms with Crippen molar-refractivity contribution in [2.24, 2.45) is 5.92 Å². The van der Waals surface area contributed by atoms with Gasteiger partial charge in [-0.3, -0.25) is 14.5 Å². The third-order valence-corrected chi connectivity index (χ3v) is 4.73. The largest absolute Gasteiger partial charge is 0.343 e. The summed E-state index contributed by atoms with van der Waals surface area (Å²) in [5.74, 6) is 0.735. The number of hydrogen-bond donors (Lipinski definition) is 0. The molecule has 1 aliphatic heterocycles. The highest BCUT2D eigenvalue weighted by molar-refractivity contribution is 5.73. The number of nitrogens with zero attached hydrogens (tertiary/aromatic N) is 4. The van der Waals surface area contributed by atoms with Crippen LogP contribution in [-0.4, -0.2) is 38.7 Å². The van der Waals surface area contributed by atoms with E-state index < -0.39 is 0 Å². The molecular formula is C19H26N4O. The van der Waals surface area contributed by atoms with E-state index in [1.165, 1.54) is 12.0 Å². The summed E-state index contributed by atoms with van der Waals surface area (Å²) in [6.45, 7) is 6.51. The Labute approximate surface area is 143 Å². The number of hydrogen-bond acceptors (Lipinski definition) is 3. The molecule has 0 saturated carbocycles. The summed E-state index contributed by atoms with van der Waals surface area (Å²) in [5.41, 5.74) is 3.29. The fourth-order valence-corrected chi connectivity index (χ4v) is 3.49. The number of carbonyl (C=O) groups is 1. The third kappa shape index (κ3) is 3.83. The van der Waals surface area contributed by atoms with Gasteiger partial charge < -0.3 is 4.90 Å². The number of amides is 1. The molecule has 0 radical (unpaired) electrons. The van der Waals surface area contributed by atoms with Gasteiger partial charge in [-0.1, -0.05) is 13.0 Å². The van der Waals surface area contributed by atoms with Gasteiger partial charge in [-0.2, -0.15) is 5.10 Å². The maximum Gasteiger partial charge on any atom is 0.219 e. The van der Waals surface area contributed by atoms with E-state index in [2.05, 4.69) is 29.1 Å². The van der Waals surface area contributed by atoms with Gasteiger partial charge in [-0.05, 0) is 49.3 Å². The zero-order valence-electron chi connectivity index (χ0n) is 14.6. The second-order valence-electron chi connectivity index (χ2n) is 6.67. The Morgan fingerprint density at radius 2 is 2.21 bits per heavy atom. The van der Waals surface area contributed by atoms with Gasteiger partial charge in [0.2, 0.25) is 5.91 Å². The van der Waals surface area contributed by atoms with E-state index in [0.29, 0.717) is 5.92 Å². The molecule has 5 heteroatoms. The molecule has 24 heavy (non-hydrogen) atoms. The minimum Gasteiger partial charge on any atom is -0.343 e. The zero-order valence-corrected chi connectivity index (χ0v) is 14.6. The van der Waals surface area contributed by atoms with E-state index >= 15 is 0 Å². The molecule has 1 fully saturated rings. The Morgan fingerprint density at radius 1 is 1.33 bits per heavy atom. The fourth-order valence-electron chi connectivity index (χ4n) is 3.49. The topological polar surface area (TPSA) is 51.0 Å². The van der Waals surface area contributed by atoms with Gasteiger partial charge in [-0.15, -0.1) is 0 Å². The smallest absolute Gasteiger partial charge is 0.219 e. The minimum atomic E-state index is 0.192. The van der Waals surface area contributed by atoms with Crippen LogP contribution in [0.5, 0.6) is 0 Å². The average molecular weight is 326 g/mol. The monoisotopic (exact) mass is 326 g/mol. The van der Waals surface area contributed by atoms with Crippen molar-refractivity contribution in [1.82, 2.24) is 19.7 Å². The summed E-state index contributed by atoms with van der Waals surface area (Å²) in [6.07, 6.45) is 8.15. The van der Waals surface area contributed by atoms with Crippen LogP contribution >= 0.6 is 0 Å². The highest BCUT2D eigenvalue weighted by Gasteiger charge is 2.21. The van der Waals surface area contributed by atoms with E-state index in [1.54, 1.807) is 6.92 Å². The third-order valence-electron chi connectivity index (χ3n) is 4.73. The number of pyridine rings is 1. The van der Waals surface area contributed by atoms with Gasteiger partial charge in [0.1, 0.15) is 0 Å². The Balaban J connectivity index is 1.66. The molecule has 1 atom stereocenters. The van der Waals surface area contributed by atoms with Gasteiger partial charge in [0.15, 0.2) is 0 Å². The van der Waals surface area contributed by atoms with Gasteiger partial charge in [0, 0.05) is 39.0 Å². The number of carbonyl (C=O) groups excluding carboxylic acids is 1. The lowest BCUT2D eigenvalue weighted by molar-refractivity contribution is -0.130. The van der Waals surface area contributed by atoms with Crippen molar-refractivity contribution in [3.8, 4) is 11.4 Å². The molecule has 2 aromatic rings. The number of aryl methyl sites for hydroxylation is 1. The first-order chi connectivity index (χ1) is 11.7. The van der Waals surface area contributed by atoms with Gasteiger partial charge >= 0.3 is 0 Å². The lowest BCUT2D eigenvalue weighted by Gasteiger charge is -2.32. The normalized spacial score (nSPS) is 17.9. The van der Waals surface area contributed by atoms with Gasteiger partial charge in [-0.25, -0.2) is 0 Å². The lowest BCUT2D eigenvalue weighted by atomic mass is 9.92. The summed E-state index contributed by atoms with van der Waals surface area (Å²) >= 11 is 0. The van der Waals surface area contributed by atoms with Gasteiger partial charge in [0.25, 0.3) is 0 Å². The van der Waals surface area contributed by atoms with E-state index in [0.717, 1.165) is 50.3 Å². The van der Waals surface area contributed by atoms with Crippen molar-refractivity contribution >= 4 is 5.91 Å². The summed E-state index contributed by atoms with van der Waals surface area (Å²) in [5, 5.41) is 4.36.